The molecule has 6 rings (SSSR count). The molecule has 0 aliphatic carbocycles. The van der Waals surface area contributed by atoms with Crippen LogP contribution in [0.15, 0.2) is 0 Å². The van der Waals surface area contributed by atoms with Crippen LogP contribution in [0.2, 0.25) is 0 Å². The molecule has 0 aromatic rings. The second kappa shape index (κ2) is 28.7. The average molecular weight is 639 g/mol. The summed E-state index contributed by atoms with van der Waals surface area (Å²) in [5.41, 5.74) is 0. The van der Waals surface area contributed by atoms with Gasteiger partial charge in [0.1, 0.15) is 0 Å². The first kappa shape index (κ1) is 44.8. The molecule has 6 saturated heterocycles. The van der Waals surface area contributed by atoms with Crippen molar-refractivity contribution < 1.29 is 0 Å². The Kier molecular flexibility index (Phi) is 28.6. The van der Waals surface area contributed by atoms with E-state index < -0.39 is 0 Å². The van der Waals surface area contributed by atoms with Crippen molar-refractivity contribution >= 4 is 0 Å². The minimum Gasteiger partial charge on any atom is -0.306 e. The van der Waals surface area contributed by atoms with E-state index in [0.717, 1.165) is 17.8 Å². The molecule has 6 aliphatic rings. The molecule has 0 spiro atoms. The topological polar surface area (TPSA) is 19.4 Å². The summed E-state index contributed by atoms with van der Waals surface area (Å²) >= 11 is 0. The van der Waals surface area contributed by atoms with Gasteiger partial charge in [0.25, 0.3) is 0 Å². The van der Waals surface area contributed by atoms with Gasteiger partial charge < -0.3 is 29.4 Å². The Bertz CT molecular complexity index is 528. The highest BCUT2D eigenvalue weighted by Crippen LogP contribution is 2.19. The highest BCUT2D eigenvalue weighted by molar-refractivity contribution is 4.71. The highest BCUT2D eigenvalue weighted by Gasteiger charge is 2.18. The lowest BCUT2D eigenvalue weighted by molar-refractivity contribution is 0.171. The Balaban J connectivity index is 0.000000516. The van der Waals surface area contributed by atoms with E-state index in [1.54, 1.807) is 0 Å². The molecule has 0 N–H and O–H groups in total. The Labute approximate surface area is 285 Å². The van der Waals surface area contributed by atoms with Gasteiger partial charge in [-0.3, -0.25) is 0 Å². The third kappa shape index (κ3) is 27.4. The Hall–Kier alpha value is -0.240. The second-order valence-electron chi connectivity index (χ2n) is 15.8. The van der Waals surface area contributed by atoms with Crippen LogP contribution in [-0.2, 0) is 0 Å². The van der Waals surface area contributed by atoms with Crippen LogP contribution in [-0.4, -0.2) is 150 Å². The van der Waals surface area contributed by atoms with Crippen LogP contribution in [0.1, 0.15) is 118 Å². The van der Waals surface area contributed by atoms with Gasteiger partial charge >= 0.3 is 0 Å². The molecule has 2 atom stereocenters. The molecule has 0 amide bonds. The number of rotatable bonds is 0. The van der Waals surface area contributed by atoms with Crippen molar-refractivity contribution in [3.05, 3.63) is 0 Å². The van der Waals surface area contributed by atoms with Crippen molar-refractivity contribution in [3.63, 3.8) is 0 Å². The van der Waals surface area contributed by atoms with E-state index >= 15 is 0 Å². The highest BCUT2D eigenvalue weighted by atomic mass is 15.1. The first-order chi connectivity index (χ1) is 21.0. The van der Waals surface area contributed by atoms with Gasteiger partial charge in [-0.1, -0.05) is 47.5 Å². The first-order valence-corrected chi connectivity index (χ1v) is 19.2. The third-order valence-corrected chi connectivity index (χ3v) is 10.1. The summed E-state index contributed by atoms with van der Waals surface area (Å²) in [4.78, 5) is 14.4. The largest absolute Gasteiger partial charge is 0.306 e. The molecular formula is C39H86N6. The molecule has 0 radical (unpaired) electrons. The summed E-state index contributed by atoms with van der Waals surface area (Å²) in [6.45, 7) is 22.8. The maximum Gasteiger partial charge on any atom is 0.000419 e. The molecule has 6 nitrogen and oxygen atoms in total. The normalized spacial score (nSPS) is 27.7. The first-order valence-electron chi connectivity index (χ1n) is 19.2. The standard InChI is InChI=1S/C8H17N.C7H15N.3C6H13N.C5H11N.CH4/c1-7-4-8(2)6-9(3)5-7;1-7-3-5-8(2)6-4-7;3*1-7-5-3-2-4-6-7;1-6-4-2-3-5-6;/h7-8H,4-6H2,1-3H3;7H,3-6H2,1-2H3;3*2-6H2,1H3;2-5H2,1H3;1H4. The van der Waals surface area contributed by atoms with E-state index in [1.807, 2.05) is 0 Å². The van der Waals surface area contributed by atoms with Crippen LogP contribution in [0.3, 0.4) is 0 Å². The number of likely N-dealkylation sites (tertiary alicyclic amines) is 6. The molecule has 272 valence electrons. The summed E-state index contributed by atoms with van der Waals surface area (Å²) in [5.74, 6) is 2.81. The smallest absolute Gasteiger partial charge is 0.000419 e. The van der Waals surface area contributed by atoms with Crippen molar-refractivity contribution in [2.75, 3.05) is 121 Å². The number of nitrogens with zero attached hydrogens (tertiary/aromatic N) is 6. The van der Waals surface area contributed by atoms with E-state index in [0.29, 0.717) is 0 Å². The summed E-state index contributed by atoms with van der Waals surface area (Å²) in [6.07, 6.45) is 19.9. The van der Waals surface area contributed by atoms with E-state index in [2.05, 4.69) is 92.5 Å². The SMILES string of the molecule is C.CC1CC(C)CN(C)C1.CC1CCN(C)CC1.CN1CCCC1.CN1CCCCC1.CN1CCCCC1.CN1CCCCC1. The predicted octanol–water partition coefficient (Wildman–Crippen LogP) is 7.60. The molecule has 2 unspecified atom stereocenters. The summed E-state index contributed by atoms with van der Waals surface area (Å²) in [7, 11) is 13.2. The van der Waals surface area contributed by atoms with Gasteiger partial charge in [0.2, 0.25) is 0 Å². The van der Waals surface area contributed by atoms with Gasteiger partial charge in [0.15, 0.2) is 0 Å². The fourth-order valence-corrected chi connectivity index (χ4v) is 7.14. The van der Waals surface area contributed by atoms with Crippen molar-refractivity contribution in [2.24, 2.45) is 17.8 Å². The fourth-order valence-electron chi connectivity index (χ4n) is 7.14. The van der Waals surface area contributed by atoms with Crippen molar-refractivity contribution in [1.82, 2.24) is 29.4 Å². The molecule has 0 aromatic carbocycles. The molecule has 6 fully saturated rings. The molecular weight excluding hydrogens is 552 g/mol. The van der Waals surface area contributed by atoms with Crippen LogP contribution >= 0.6 is 0 Å². The van der Waals surface area contributed by atoms with E-state index in [-0.39, 0.29) is 7.43 Å². The third-order valence-electron chi connectivity index (χ3n) is 10.1. The molecule has 0 bridgehead atoms. The van der Waals surface area contributed by atoms with Crippen LogP contribution in [0.25, 0.3) is 0 Å². The average Bonchev–Trinajstić information content (AvgIpc) is 3.48. The maximum atomic E-state index is 2.43. The molecule has 6 heteroatoms. The van der Waals surface area contributed by atoms with Crippen LogP contribution in [0, 0.1) is 17.8 Å². The zero-order valence-corrected chi connectivity index (χ0v) is 31.8. The van der Waals surface area contributed by atoms with E-state index in [4.69, 9.17) is 0 Å². The quantitative estimate of drug-likeness (QED) is 0.270. The van der Waals surface area contributed by atoms with Crippen LogP contribution in [0.5, 0.6) is 0 Å². The van der Waals surface area contributed by atoms with Crippen LogP contribution < -0.4 is 0 Å². The van der Waals surface area contributed by atoms with Crippen molar-refractivity contribution in [3.8, 4) is 0 Å². The molecule has 6 aliphatic heterocycles. The van der Waals surface area contributed by atoms with E-state index in [1.165, 1.54) is 168 Å². The Morgan fingerprint density at radius 2 is 0.556 bits per heavy atom. The van der Waals surface area contributed by atoms with Crippen molar-refractivity contribution in [1.29, 1.82) is 0 Å². The number of hydrogen-bond donors (Lipinski definition) is 0. The molecule has 0 saturated carbocycles. The predicted molar refractivity (Wildman–Crippen MR) is 204 cm³/mol. The van der Waals surface area contributed by atoms with Gasteiger partial charge in [0.05, 0.1) is 0 Å². The Morgan fingerprint density at radius 1 is 0.311 bits per heavy atom. The van der Waals surface area contributed by atoms with Gasteiger partial charge in [-0.05, 0) is 196 Å². The lowest BCUT2D eigenvalue weighted by atomic mass is 9.92. The summed E-state index contributed by atoms with van der Waals surface area (Å²) in [6, 6.07) is 0. The number of hydrogen-bond acceptors (Lipinski definition) is 6. The van der Waals surface area contributed by atoms with Gasteiger partial charge in [-0.15, -0.1) is 0 Å². The zero-order chi connectivity index (χ0) is 32.6. The van der Waals surface area contributed by atoms with E-state index in [9.17, 15) is 0 Å². The Morgan fingerprint density at radius 3 is 0.733 bits per heavy atom. The second-order valence-corrected chi connectivity index (χ2v) is 15.8. The molecule has 45 heavy (non-hydrogen) atoms. The molecule has 0 aromatic heterocycles. The monoisotopic (exact) mass is 639 g/mol. The lowest BCUT2D eigenvalue weighted by Crippen LogP contribution is -2.35. The van der Waals surface area contributed by atoms with Gasteiger partial charge in [-0.25, -0.2) is 0 Å². The zero-order valence-electron chi connectivity index (χ0n) is 31.8. The van der Waals surface area contributed by atoms with Crippen LogP contribution in [0.4, 0.5) is 0 Å². The van der Waals surface area contributed by atoms with Gasteiger partial charge in [0, 0.05) is 13.1 Å². The maximum absolute atomic E-state index is 2.43. The number of piperidine rings is 5. The summed E-state index contributed by atoms with van der Waals surface area (Å²) in [5, 5.41) is 0. The summed E-state index contributed by atoms with van der Waals surface area (Å²) < 4.78 is 0. The minimum absolute atomic E-state index is 0. The van der Waals surface area contributed by atoms with Crippen molar-refractivity contribution in [2.45, 2.75) is 118 Å². The van der Waals surface area contributed by atoms with Gasteiger partial charge in [-0.2, -0.15) is 0 Å². The lowest BCUT2D eigenvalue weighted by Gasteiger charge is -2.31. The minimum atomic E-state index is 0. The molecule has 6 heterocycles. The fraction of sp³-hybridized carbons (Fsp3) is 1.00.